The van der Waals surface area contributed by atoms with Crippen LogP contribution in [0.1, 0.15) is 34.5 Å². The van der Waals surface area contributed by atoms with Crippen LogP contribution in [0.5, 0.6) is 5.75 Å². The molecule has 2 heterocycles. The van der Waals surface area contributed by atoms with E-state index in [4.69, 9.17) is 4.74 Å². The van der Waals surface area contributed by atoms with Crippen LogP contribution in [0.3, 0.4) is 0 Å². The average Bonchev–Trinajstić information content (AvgIpc) is 2.88. The van der Waals surface area contributed by atoms with Crippen molar-refractivity contribution in [2.75, 3.05) is 27.2 Å². The molecule has 5 nitrogen and oxygen atoms in total. The number of carbonyl (C=O) groups excluding carboxylic acids is 1. The molecule has 1 aromatic heterocycles. The highest BCUT2D eigenvalue weighted by atomic mass is 19.1. The third-order valence-electron chi connectivity index (χ3n) is 6.74. The minimum absolute atomic E-state index is 0.0235. The summed E-state index contributed by atoms with van der Waals surface area (Å²) in [4.78, 5) is 21.7. The number of carbonyl (C=O) groups is 1. The summed E-state index contributed by atoms with van der Waals surface area (Å²) in [5.74, 6) is 0.955. The first-order chi connectivity index (χ1) is 16.5. The van der Waals surface area contributed by atoms with Crippen LogP contribution >= 0.6 is 0 Å². The number of amides is 1. The fraction of sp³-hybridized carbons (Fsp3) is 0.357. The summed E-state index contributed by atoms with van der Waals surface area (Å²) in [6.45, 7) is 2.17. The molecule has 1 atom stereocenters. The quantitative estimate of drug-likeness (QED) is 0.482. The summed E-state index contributed by atoms with van der Waals surface area (Å²) in [5.41, 5.74) is 2.83. The molecular formula is C28H32FN3O2. The smallest absolute Gasteiger partial charge is 0.253 e. The molecule has 34 heavy (non-hydrogen) atoms. The van der Waals surface area contributed by atoms with Crippen LogP contribution in [0.25, 0.3) is 0 Å². The lowest BCUT2D eigenvalue weighted by molar-refractivity contribution is 0.0601. The summed E-state index contributed by atoms with van der Waals surface area (Å²) in [5, 5.41) is 0. The number of benzene rings is 2. The molecule has 3 aromatic rings. The van der Waals surface area contributed by atoms with E-state index in [0.29, 0.717) is 30.6 Å². The number of aromatic nitrogens is 1. The molecule has 0 radical (unpaired) electrons. The summed E-state index contributed by atoms with van der Waals surface area (Å²) in [6, 6.07) is 20.4. The van der Waals surface area contributed by atoms with E-state index in [1.807, 2.05) is 35.4 Å². The van der Waals surface area contributed by atoms with Crippen molar-refractivity contribution in [3.63, 3.8) is 0 Å². The number of hydrogen-bond donors (Lipinski definition) is 0. The number of halogens is 1. The fourth-order valence-electron chi connectivity index (χ4n) is 4.85. The highest BCUT2D eigenvalue weighted by molar-refractivity contribution is 5.94. The van der Waals surface area contributed by atoms with E-state index in [0.717, 1.165) is 37.3 Å². The van der Waals surface area contributed by atoms with Crippen LogP contribution in [0.4, 0.5) is 4.39 Å². The average molecular weight is 462 g/mol. The van der Waals surface area contributed by atoms with E-state index in [9.17, 15) is 9.18 Å². The van der Waals surface area contributed by atoms with Crippen LogP contribution in [-0.2, 0) is 13.0 Å². The summed E-state index contributed by atoms with van der Waals surface area (Å²) in [6.07, 6.45) is 4.58. The maximum Gasteiger partial charge on any atom is 0.253 e. The Labute approximate surface area is 201 Å². The third kappa shape index (κ3) is 6.00. The molecule has 1 aliphatic heterocycles. The van der Waals surface area contributed by atoms with Gasteiger partial charge in [0, 0.05) is 37.4 Å². The van der Waals surface area contributed by atoms with Crippen molar-refractivity contribution in [3.8, 4) is 5.75 Å². The van der Waals surface area contributed by atoms with Crippen molar-refractivity contribution in [2.45, 2.75) is 31.8 Å². The second kappa shape index (κ2) is 11.3. The molecule has 0 spiro atoms. The van der Waals surface area contributed by atoms with Gasteiger partial charge in [0.25, 0.3) is 5.91 Å². The molecule has 1 fully saturated rings. The Hall–Kier alpha value is -3.25. The van der Waals surface area contributed by atoms with Gasteiger partial charge in [0.1, 0.15) is 11.6 Å². The first-order valence-corrected chi connectivity index (χ1v) is 11.8. The Kier molecular flexibility index (Phi) is 7.91. The monoisotopic (exact) mass is 461 g/mol. The minimum Gasteiger partial charge on any atom is -0.497 e. The van der Waals surface area contributed by atoms with Crippen LogP contribution in [0, 0.1) is 11.7 Å². The maximum absolute atomic E-state index is 13.2. The van der Waals surface area contributed by atoms with Crippen LogP contribution in [0.2, 0.25) is 0 Å². The van der Waals surface area contributed by atoms with E-state index in [-0.39, 0.29) is 11.7 Å². The molecule has 1 saturated heterocycles. The molecule has 0 bridgehead atoms. The van der Waals surface area contributed by atoms with Gasteiger partial charge in [-0.25, -0.2) is 4.39 Å². The zero-order chi connectivity index (χ0) is 23.9. The molecule has 0 N–H and O–H groups in total. The molecular weight excluding hydrogens is 429 g/mol. The van der Waals surface area contributed by atoms with Crippen molar-refractivity contribution in [1.82, 2.24) is 14.8 Å². The molecule has 1 amide bonds. The number of methoxy groups -OCH3 is 1. The SMILES string of the molecule is COc1cccc(CC(C2CCN(C(=O)c3ccc(F)cc3)CC2)N(C)Cc2ccccn2)c1. The van der Waals surface area contributed by atoms with Gasteiger partial charge in [0.05, 0.1) is 12.8 Å². The van der Waals surface area contributed by atoms with Gasteiger partial charge in [-0.15, -0.1) is 0 Å². The Morgan fingerprint density at radius 2 is 1.88 bits per heavy atom. The van der Waals surface area contributed by atoms with Crippen molar-refractivity contribution in [2.24, 2.45) is 5.92 Å². The van der Waals surface area contributed by atoms with Gasteiger partial charge in [-0.1, -0.05) is 18.2 Å². The topological polar surface area (TPSA) is 45.7 Å². The molecule has 1 unspecified atom stereocenters. The predicted molar refractivity (Wildman–Crippen MR) is 131 cm³/mol. The van der Waals surface area contributed by atoms with Gasteiger partial charge in [-0.2, -0.15) is 0 Å². The van der Waals surface area contributed by atoms with E-state index < -0.39 is 0 Å². The highest BCUT2D eigenvalue weighted by Crippen LogP contribution is 2.28. The second-order valence-corrected chi connectivity index (χ2v) is 9.00. The minimum atomic E-state index is -0.327. The van der Waals surface area contributed by atoms with Crippen molar-refractivity contribution >= 4 is 5.91 Å². The van der Waals surface area contributed by atoms with Gasteiger partial charge >= 0.3 is 0 Å². The first kappa shape index (κ1) is 23.9. The Balaban J connectivity index is 1.47. The zero-order valence-corrected chi connectivity index (χ0v) is 19.9. The molecule has 4 rings (SSSR count). The van der Waals surface area contributed by atoms with Crippen molar-refractivity contribution in [3.05, 3.63) is 95.6 Å². The number of pyridine rings is 1. The maximum atomic E-state index is 13.2. The Bertz CT molecular complexity index is 1070. The summed E-state index contributed by atoms with van der Waals surface area (Å²) >= 11 is 0. The van der Waals surface area contributed by atoms with E-state index in [2.05, 4.69) is 35.1 Å². The summed E-state index contributed by atoms with van der Waals surface area (Å²) < 4.78 is 18.7. The normalized spacial score (nSPS) is 15.4. The van der Waals surface area contributed by atoms with Crippen LogP contribution in [-0.4, -0.2) is 54.0 Å². The number of rotatable bonds is 8. The standard InChI is InChI=1S/C28H32FN3O2/c1-31(20-25-7-3-4-15-30-25)27(19-21-6-5-8-26(18-21)34-2)22-13-16-32(17-14-22)28(33)23-9-11-24(29)12-10-23/h3-12,15,18,22,27H,13-14,16-17,19-20H2,1-2H3. The van der Waals surface area contributed by atoms with Gasteiger partial charge in [0.15, 0.2) is 0 Å². The number of nitrogens with zero attached hydrogens (tertiary/aromatic N) is 3. The Morgan fingerprint density at radius 1 is 1.12 bits per heavy atom. The third-order valence-corrected chi connectivity index (χ3v) is 6.74. The number of hydrogen-bond acceptors (Lipinski definition) is 4. The van der Waals surface area contributed by atoms with Gasteiger partial charge in [-0.05, 0) is 86.3 Å². The number of piperidine rings is 1. The van der Waals surface area contributed by atoms with Crippen molar-refractivity contribution in [1.29, 1.82) is 0 Å². The molecule has 0 saturated carbocycles. The number of ether oxygens (including phenoxy) is 1. The Morgan fingerprint density at radius 3 is 2.56 bits per heavy atom. The van der Waals surface area contributed by atoms with Gasteiger partial charge < -0.3 is 9.64 Å². The fourth-order valence-corrected chi connectivity index (χ4v) is 4.85. The molecule has 1 aliphatic rings. The second-order valence-electron chi connectivity index (χ2n) is 9.00. The van der Waals surface area contributed by atoms with Gasteiger partial charge in [0.2, 0.25) is 0 Å². The molecule has 178 valence electrons. The first-order valence-electron chi connectivity index (χ1n) is 11.8. The molecule has 6 heteroatoms. The predicted octanol–water partition coefficient (Wildman–Crippen LogP) is 4.82. The van der Waals surface area contributed by atoms with E-state index >= 15 is 0 Å². The van der Waals surface area contributed by atoms with E-state index in [1.54, 1.807) is 19.2 Å². The lowest BCUT2D eigenvalue weighted by Gasteiger charge is -2.40. The summed E-state index contributed by atoms with van der Waals surface area (Å²) in [7, 11) is 3.85. The van der Waals surface area contributed by atoms with E-state index in [1.165, 1.54) is 17.7 Å². The number of likely N-dealkylation sites (N-methyl/N-ethyl adjacent to an activating group) is 1. The highest BCUT2D eigenvalue weighted by Gasteiger charge is 2.31. The van der Waals surface area contributed by atoms with Crippen molar-refractivity contribution < 1.29 is 13.9 Å². The van der Waals surface area contributed by atoms with Gasteiger partial charge in [-0.3, -0.25) is 14.7 Å². The lowest BCUT2D eigenvalue weighted by atomic mass is 9.84. The number of likely N-dealkylation sites (tertiary alicyclic amines) is 1. The molecule has 0 aliphatic carbocycles. The largest absolute Gasteiger partial charge is 0.497 e. The lowest BCUT2D eigenvalue weighted by Crippen LogP contribution is -2.46. The van der Waals surface area contributed by atoms with Crippen LogP contribution in [0.15, 0.2) is 72.9 Å². The molecule has 2 aromatic carbocycles. The zero-order valence-electron chi connectivity index (χ0n) is 19.9. The van der Waals surface area contributed by atoms with Crippen LogP contribution < -0.4 is 4.74 Å².